The van der Waals surface area contributed by atoms with Gasteiger partial charge >= 0.3 is 0 Å². The molecule has 0 aliphatic heterocycles. The normalized spacial score (nSPS) is 10.6. The van der Waals surface area contributed by atoms with E-state index in [0.717, 1.165) is 0 Å². The van der Waals surface area contributed by atoms with E-state index in [0.29, 0.717) is 0 Å². The van der Waals surface area contributed by atoms with Crippen LogP contribution < -0.4 is 0 Å². The zero-order chi connectivity index (χ0) is 10.2. The highest BCUT2D eigenvalue weighted by molar-refractivity contribution is 6.42. The monoisotopic (exact) mass is 228 g/mol. The van der Waals surface area contributed by atoms with Crippen molar-refractivity contribution in [1.82, 2.24) is 0 Å². The summed E-state index contributed by atoms with van der Waals surface area (Å²) in [5.41, 5.74) is -0.382. The summed E-state index contributed by atoms with van der Waals surface area (Å²) in [6.45, 7) is 1.49. The number of halogens is 5. The lowest BCUT2D eigenvalue weighted by atomic mass is 10.1. The molecule has 13 heavy (non-hydrogen) atoms. The molecule has 0 amide bonds. The summed E-state index contributed by atoms with van der Waals surface area (Å²) in [5, 5.41) is -1.29. The third-order valence-electron chi connectivity index (χ3n) is 1.65. The van der Waals surface area contributed by atoms with Crippen LogP contribution >= 0.6 is 23.2 Å². The highest BCUT2D eigenvalue weighted by Crippen LogP contribution is 2.32. The van der Waals surface area contributed by atoms with Crippen LogP contribution in [0.3, 0.4) is 0 Å². The van der Waals surface area contributed by atoms with Crippen molar-refractivity contribution in [2.45, 2.75) is 13.3 Å². The van der Waals surface area contributed by atoms with Crippen molar-refractivity contribution in [3.8, 4) is 0 Å². The first kappa shape index (κ1) is 10.7. The Balaban J connectivity index is 3.56. The largest absolute Gasteiger partial charge is 0.205 e. The number of benzene rings is 1. The van der Waals surface area contributed by atoms with E-state index >= 15 is 0 Å². The molecule has 1 rings (SSSR count). The van der Waals surface area contributed by atoms with Crippen LogP contribution in [0.1, 0.15) is 12.5 Å². The van der Waals surface area contributed by atoms with E-state index in [2.05, 4.69) is 0 Å². The Morgan fingerprint density at radius 1 is 0.923 bits per heavy atom. The average molecular weight is 229 g/mol. The van der Waals surface area contributed by atoms with Gasteiger partial charge in [-0.15, -0.1) is 0 Å². The van der Waals surface area contributed by atoms with Crippen LogP contribution in [0.5, 0.6) is 0 Å². The maximum absolute atomic E-state index is 13.1. The van der Waals surface area contributed by atoms with Gasteiger partial charge in [0.05, 0.1) is 5.02 Å². The van der Waals surface area contributed by atoms with Gasteiger partial charge in [0.15, 0.2) is 11.6 Å². The Labute approximate surface area is 83.3 Å². The molecule has 0 heterocycles. The standard InChI is InChI=1S/C8H5Cl2F3/c1-2-3-6(11)4(9)5(10)8(13)7(3)12/h2H2,1H3. The maximum Gasteiger partial charge on any atom is 0.179 e. The fourth-order valence-electron chi connectivity index (χ4n) is 0.961. The molecular weight excluding hydrogens is 224 g/mol. The zero-order valence-corrected chi connectivity index (χ0v) is 8.11. The van der Waals surface area contributed by atoms with Gasteiger partial charge in [0, 0.05) is 5.56 Å². The first-order chi connectivity index (χ1) is 6.00. The summed E-state index contributed by atoms with van der Waals surface area (Å²) in [6.07, 6.45) is 0.0193. The highest BCUT2D eigenvalue weighted by atomic mass is 35.5. The van der Waals surface area contributed by atoms with E-state index in [1.54, 1.807) is 0 Å². The molecule has 0 spiro atoms. The van der Waals surface area contributed by atoms with Gasteiger partial charge in [0.25, 0.3) is 0 Å². The molecule has 72 valence electrons. The van der Waals surface area contributed by atoms with Crippen LogP contribution in [0.2, 0.25) is 10.0 Å². The molecule has 0 aliphatic rings. The Kier molecular flexibility index (Phi) is 3.09. The van der Waals surface area contributed by atoms with Crippen molar-refractivity contribution in [3.63, 3.8) is 0 Å². The molecule has 0 unspecified atom stereocenters. The van der Waals surface area contributed by atoms with E-state index < -0.39 is 27.5 Å². The lowest BCUT2D eigenvalue weighted by molar-refractivity contribution is 0.482. The molecular formula is C8H5Cl2F3. The lowest BCUT2D eigenvalue weighted by Crippen LogP contribution is -2.00. The van der Waals surface area contributed by atoms with Crippen molar-refractivity contribution in [3.05, 3.63) is 33.1 Å². The van der Waals surface area contributed by atoms with E-state index in [1.165, 1.54) is 6.92 Å². The summed E-state index contributed by atoms with van der Waals surface area (Å²) in [5.74, 6) is -3.56. The van der Waals surface area contributed by atoms with Gasteiger partial charge in [-0.25, -0.2) is 13.2 Å². The zero-order valence-electron chi connectivity index (χ0n) is 6.60. The van der Waals surface area contributed by atoms with E-state index in [4.69, 9.17) is 23.2 Å². The minimum atomic E-state index is -1.30. The Morgan fingerprint density at radius 2 is 1.38 bits per heavy atom. The van der Waals surface area contributed by atoms with Gasteiger partial charge in [-0.3, -0.25) is 0 Å². The topological polar surface area (TPSA) is 0 Å². The molecule has 0 radical (unpaired) electrons. The SMILES string of the molecule is CCc1c(F)c(F)c(Cl)c(Cl)c1F. The fraction of sp³-hybridized carbons (Fsp3) is 0.250. The number of hydrogen-bond donors (Lipinski definition) is 0. The van der Waals surface area contributed by atoms with Gasteiger partial charge < -0.3 is 0 Å². The molecule has 0 bridgehead atoms. The molecule has 0 N–H and O–H groups in total. The first-order valence-corrected chi connectivity index (χ1v) is 4.26. The molecule has 0 saturated heterocycles. The predicted molar refractivity (Wildman–Crippen MR) is 45.7 cm³/mol. The Morgan fingerprint density at radius 3 is 1.85 bits per heavy atom. The molecule has 0 atom stereocenters. The van der Waals surface area contributed by atoms with E-state index in [-0.39, 0.29) is 12.0 Å². The smallest absolute Gasteiger partial charge is 0.179 e. The molecule has 0 aliphatic carbocycles. The quantitative estimate of drug-likeness (QED) is 0.504. The van der Waals surface area contributed by atoms with Crippen molar-refractivity contribution < 1.29 is 13.2 Å². The summed E-state index contributed by atoms with van der Waals surface area (Å²) < 4.78 is 38.9. The molecule has 0 aromatic heterocycles. The summed E-state index contributed by atoms with van der Waals surface area (Å²) in [6, 6.07) is 0. The fourth-order valence-corrected chi connectivity index (χ4v) is 1.32. The third-order valence-corrected chi connectivity index (χ3v) is 2.46. The molecule has 0 saturated carbocycles. The molecule has 0 nitrogen and oxygen atoms in total. The first-order valence-electron chi connectivity index (χ1n) is 3.51. The Hall–Kier alpha value is -0.410. The van der Waals surface area contributed by atoms with Gasteiger partial charge in [0.1, 0.15) is 10.8 Å². The van der Waals surface area contributed by atoms with Gasteiger partial charge in [-0.1, -0.05) is 30.1 Å². The molecule has 1 aromatic rings. The highest BCUT2D eigenvalue weighted by Gasteiger charge is 2.21. The van der Waals surface area contributed by atoms with E-state index in [9.17, 15) is 13.2 Å². The predicted octanol–water partition coefficient (Wildman–Crippen LogP) is 3.97. The molecule has 1 aromatic carbocycles. The van der Waals surface area contributed by atoms with Crippen LogP contribution in [0.25, 0.3) is 0 Å². The van der Waals surface area contributed by atoms with Gasteiger partial charge in [0.2, 0.25) is 0 Å². The molecule has 0 fully saturated rings. The van der Waals surface area contributed by atoms with Crippen LogP contribution in [0.4, 0.5) is 13.2 Å². The third kappa shape index (κ3) is 1.63. The summed E-state index contributed by atoms with van der Waals surface area (Å²) in [7, 11) is 0. The average Bonchev–Trinajstić information content (AvgIpc) is 2.13. The van der Waals surface area contributed by atoms with Crippen LogP contribution in [-0.2, 0) is 6.42 Å². The maximum atomic E-state index is 13.1. The van der Waals surface area contributed by atoms with Crippen molar-refractivity contribution >= 4 is 23.2 Å². The summed E-state index contributed by atoms with van der Waals surface area (Å²) >= 11 is 10.6. The second-order valence-electron chi connectivity index (χ2n) is 2.40. The minimum absolute atomic E-state index is 0.0193. The van der Waals surface area contributed by atoms with Crippen LogP contribution in [-0.4, -0.2) is 0 Å². The van der Waals surface area contributed by atoms with Crippen molar-refractivity contribution in [2.75, 3.05) is 0 Å². The number of rotatable bonds is 1. The van der Waals surface area contributed by atoms with Gasteiger partial charge in [-0.2, -0.15) is 0 Å². The lowest BCUT2D eigenvalue weighted by Gasteiger charge is -2.06. The van der Waals surface area contributed by atoms with Crippen LogP contribution in [0.15, 0.2) is 0 Å². The second-order valence-corrected chi connectivity index (χ2v) is 3.16. The summed E-state index contributed by atoms with van der Waals surface area (Å²) in [4.78, 5) is 0. The van der Waals surface area contributed by atoms with Gasteiger partial charge in [-0.05, 0) is 6.42 Å². The van der Waals surface area contributed by atoms with E-state index in [1.807, 2.05) is 0 Å². The minimum Gasteiger partial charge on any atom is -0.205 e. The van der Waals surface area contributed by atoms with Crippen LogP contribution in [0, 0.1) is 17.5 Å². The van der Waals surface area contributed by atoms with Crippen molar-refractivity contribution in [2.24, 2.45) is 0 Å². The number of hydrogen-bond acceptors (Lipinski definition) is 0. The molecule has 5 heteroatoms. The Bertz CT molecular complexity index is 321. The second kappa shape index (κ2) is 3.76. The van der Waals surface area contributed by atoms with Crippen molar-refractivity contribution in [1.29, 1.82) is 0 Å².